The van der Waals surface area contributed by atoms with Crippen LogP contribution in [0.15, 0.2) is 24.3 Å². The summed E-state index contributed by atoms with van der Waals surface area (Å²) < 4.78 is 4.71. The van der Waals surface area contributed by atoms with Gasteiger partial charge in [0.05, 0.1) is 12.6 Å². The Balaban J connectivity index is 2.48. The van der Waals surface area contributed by atoms with Gasteiger partial charge in [-0.2, -0.15) is 0 Å². The first-order chi connectivity index (χ1) is 7.63. The minimum Gasteiger partial charge on any atom is -0.447 e. The number of alkyl carbamates (subject to hydrolysis) is 1. The second kappa shape index (κ2) is 6.12. The van der Waals surface area contributed by atoms with Crippen molar-refractivity contribution in [2.24, 2.45) is 0 Å². The van der Waals surface area contributed by atoms with Crippen LogP contribution in [0.3, 0.4) is 0 Å². The van der Waals surface area contributed by atoms with Crippen LogP contribution >= 0.6 is 0 Å². The summed E-state index contributed by atoms with van der Waals surface area (Å²) in [7, 11) is 0. The van der Waals surface area contributed by atoms with Gasteiger partial charge in [-0.1, -0.05) is 29.8 Å². The summed E-state index contributed by atoms with van der Waals surface area (Å²) in [5, 5.41) is 11.2. The second-order valence-corrected chi connectivity index (χ2v) is 3.64. The van der Waals surface area contributed by atoms with Gasteiger partial charge in [-0.25, -0.2) is 4.79 Å². The maximum Gasteiger partial charge on any atom is 0.407 e. The number of carbonyl (C=O) groups excluding carboxylic acids is 1. The Morgan fingerprint density at radius 1 is 1.44 bits per heavy atom. The summed E-state index contributed by atoms with van der Waals surface area (Å²) in [6, 6.07) is 7.81. The summed E-state index contributed by atoms with van der Waals surface area (Å²) in [4.78, 5) is 11.2. The molecule has 1 rings (SSSR count). The standard InChI is InChI=1S/C12H17NO3/c1-9-3-5-11(6-4-9)10(2)13-12(15)16-8-7-14/h3-6,10,14H,7-8H2,1-2H3,(H,13,15). The number of amides is 1. The smallest absolute Gasteiger partial charge is 0.407 e. The van der Waals surface area contributed by atoms with E-state index in [1.807, 2.05) is 38.1 Å². The number of aliphatic hydroxyl groups is 1. The van der Waals surface area contributed by atoms with Crippen LogP contribution < -0.4 is 5.32 Å². The summed E-state index contributed by atoms with van der Waals surface area (Å²) in [6.07, 6.45) is -0.512. The molecule has 0 aliphatic rings. The van der Waals surface area contributed by atoms with Crippen molar-refractivity contribution in [2.45, 2.75) is 19.9 Å². The summed E-state index contributed by atoms with van der Waals surface area (Å²) >= 11 is 0. The molecule has 16 heavy (non-hydrogen) atoms. The summed E-state index contributed by atoms with van der Waals surface area (Å²) in [5.41, 5.74) is 2.20. The molecule has 0 spiro atoms. The first-order valence-corrected chi connectivity index (χ1v) is 5.24. The lowest BCUT2D eigenvalue weighted by Gasteiger charge is -2.14. The Morgan fingerprint density at radius 3 is 2.62 bits per heavy atom. The third-order valence-electron chi connectivity index (χ3n) is 2.24. The van der Waals surface area contributed by atoms with E-state index in [4.69, 9.17) is 9.84 Å². The number of nitrogens with one attached hydrogen (secondary N) is 1. The highest BCUT2D eigenvalue weighted by atomic mass is 16.6. The van der Waals surface area contributed by atoms with Crippen molar-refractivity contribution in [1.29, 1.82) is 0 Å². The molecule has 88 valence electrons. The molecule has 4 heteroatoms. The van der Waals surface area contributed by atoms with Crippen LogP contribution in [0.5, 0.6) is 0 Å². The zero-order valence-electron chi connectivity index (χ0n) is 9.56. The Kier molecular flexibility index (Phi) is 4.79. The van der Waals surface area contributed by atoms with Gasteiger partial charge >= 0.3 is 6.09 Å². The molecular formula is C12H17NO3. The quantitative estimate of drug-likeness (QED) is 0.818. The molecule has 2 N–H and O–H groups in total. The van der Waals surface area contributed by atoms with Crippen LogP contribution in [0, 0.1) is 6.92 Å². The number of hydrogen-bond acceptors (Lipinski definition) is 3. The first-order valence-electron chi connectivity index (χ1n) is 5.24. The van der Waals surface area contributed by atoms with E-state index in [1.54, 1.807) is 0 Å². The molecule has 1 atom stereocenters. The van der Waals surface area contributed by atoms with Crippen molar-refractivity contribution < 1.29 is 14.6 Å². The molecule has 0 aliphatic carbocycles. The molecule has 0 fully saturated rings. The Hall–Kier alpha value is -1.55. The monoisotopic (exact) mass is 223 g/mol. The van der Waals surface area contributed by atoms with Gasteiger partial charge < -0.3 is 15.2 Å². The topological polar surface area (TPSA) is 58.6 Å². The van der Waals surface area contributed by atoms with Gasteiger partial charge in [0.15, 0.2) is 0 Å². The number of carbonyl (C=O) groups is 1. The third-order valence-corrected chi connectivity index (χ3v) is 2.24. The number of ether oxygens (including phenoxy) is 1. The van der Waals surface area contributed by atoms with Crippen LogP contribution in [0.1, 0.15) is 24.1 Å². The van der Waals surface area contributed by atoms with Gasteiger partial charge in [-0.15, -0.1) is 0 Å². The van der Waals surface area contributed by atoms with E-state index in [1.165, 1.54) is 5.56 Å². The van der Waals surface area contributed by atoms with Gasteiger partial charge in [0.25, 0.3) is 0 Å². The zero-order chi connectivity index (χ0) is 12.0. The molecule has 0 aliphatic heterocycles. The lowest BCUT2D eigenvalue weighted by molar-refractivity contribution is 0.116. The third kappa shape index (κ3) is 3.90. The molecule has 0 bridgehead atoms. The number of aryl methyl sites for hydroxylation is 1. The highest BCUT2D eigenvalue weighted by Crippen LogP contribution is 2.12. The van der Waals surface area contributed by atoms with Crippen molar-refractivity contribution in [3.8, 4) is 0 Å². The van der Waals surface area contributed by atoms with E-state index < -0.39 is 6.09 Å². The van der Waals surface area contributed by atoms with Crippen molar-refractivity contribution in [2.75, 3.05) is 13.2 Å². The van der Waals surface area contributed by atoms with Crippen molar-refractivity contribution in [3.63, 3.8) is 0 Å². The predicted molar refractivity (Wildman–Crippen MR) is 61.2 cm³/mol. The van der Waals surface area contributed by atoms with Crippen molar-refractivity contribution >= 4 is 6.09 Å². The Morgan fingerprint density at radius 2 is 2.06 bits per heavy atom. The van der Waals surface area contributed by atoms with Crippen LogP contribution in [0.25, 0.3) is 0 Å². The Bertz CT molecular complexity index is 335. The maximum absolute atomic E-state index is 11.2. The van der Waals surface area contributed by atoms with E-state index >= 15 is 0 Å². The minimum absolute atomic E-state index is 0.0203. The number of rotatable bonds is 4. The highest BCUT2D eigenvalue weighted by molar-refractivity contribution is 5.67. The van der Waals surface area contributed by atoms with Gasteiger partial charge in [0.2, 0.25) is 0 Å². The van der Waals surface area contributed by atoms with Crippen LogP contribution in [-0.4, -0.2) is 24.4 Å². The SMILES string of the molecule is Cc1ccc(C(C)NC(=O)OCCO)cc1. The molecule has 0 aromatic heterocycles. The number of hydrogen-bond donors (Lipinski definition) is 2. The van der Waals surface area contributed by atoms with Crippen LogP contribution in [0.2, 0.25) is 0 Å². The minimum atomic E-state index is -0.512. The lowest BCUT2D eigenvalue weighted by Crippen LogP contribution is -2.28. The van der Waals surface area contributed by atoms with E-state index in [-0.39, 0.29) is 19.3 Å². The van der Waals surface area contributed by atoms with E-state index in [2.05, 4.69) is 5.32 Å². The zero-order valence-corrected chi connectivity index (χ0v) is 9.56. The first kappa shape index (κ1) is 12.5. The molecule has 0 saturated heterocycles. The lowest BCUT2D eigenvalue weighted by atomic mass is 10.1. The maximum atomic E-state index is 11.2. The van der Waals surface area contributed by atoms with Crippen LogP contribution in [0.4, 0.5) is 4.79 Å². The van der Waals surface area contributed by atoms with Gasteiger partial charge in [0, 0.05) is 0 Å². The van der Waals surface area contributed by atoms with Gasteiger partial charge in [-0.05, 0) is 19.4 Å². The molecule has 1 aromatic rings. The number of benzene rings is 1. The summed E-state index contributed by atoms with van der Waals surface area (Å²) in [5.74, 6) is 0. The normalized spacial score (nSPS) is 11.9. The van der Waals surface area contributed by atoms with Crippen molar-refractivity contribution in [1.82, 2.24) is 5.32 Å². The molecule has 1 amide bonds. The summed E-state index contributed by atoms with van der Waals surface area (Å²) in [6.45, 7) is 3.75. The fourth-order valence-electron chi connectivity index (χ4n) is 1.30. The van der Waals surface area contributed by atoms with Crippen molar-refractivity contribution in [3.05, 3.63) is 35.4 Å². The average molecular weight is 223 g/mol. The molecule has 1 unspecified atom stereocenters. The molecule has 4 nitrogen and oxygen atoms in total. The average Bonchev–Trinajstić information content (AvgIpc) is 2.27. The molecule has 0 saturated carbocycles. The fourth-order valence-corrected chi connectivity index (χ4v) is 1.30. The van der Waals surface area contributed by atoms with E-state index in [0.29, 0.717) is 0 Å². The Labute approximate surface area is 95.2 Å². The van der Waals surface area contributed by atoms with Gasteiger partial charge in [0.1, 0.15) is 6.61 Å². The largest absolute Gasteiger partial charge is 0.447 e. The van der Waals surface area contributed by atoms with E-state index in [0.717, 1.165) is 5.56 Å². The molecule has 0 radical (unpaired) electrons. The fraction of sp³-hybridized carbons (Fsp3) is 0.417. The van der Waals surface area contributed by atoms with Crippen LogP contribution in [-0.2, 0) is 4.74 Å². The molecular weight excluding hydrogens is 206 g/mol. The number of aliphatic hydroxyl groups excluding tert-OH is 1. The van der Waals surface area contributed by atoms with E-state index in [9.17, 15) is 4.79 Å². The molecule has 1 aromatic carbocycles. The van der Waals surface area contributed by atoms with Gasteiger partial charge in [-0.3, -0.25) is 0 Å². The predicted octanol–water partition coefficient (Wildman–Crippen LogP) is 1.77. The molecule has 0 heterocycles. The highest BCUT2D eigenvalue weighted by Gasteiger charge is 2.09. The second-order valence-electron chi connectivity index (χ2n) is 3.64.